The smallest absolute Gasteiger partial charge is 0.120 e. The van der Waals surface area contributed by atoms with Crippen molar-refractivity contribution >= 4 is 6.29 Å². The van der Waals surface area contributed by atoms with Gasteiger partial charge in [0.1, 0.15) is 6.29 Å². The standard InChI is InChI=1S/C23H38O2/c1-15(5-4-12-24)19-8-9-20-18-7-6-16-13-17(25)14-23(16,3)21(18)10-11-22(19,20)2/h12,15-21,25H,4-11,13-14H2,1-3H3/t15-,16-,17-,18+,19-,20+,21+,22-,23+/m1/s1. The Kier molecular flexibility index (Phi) is 4.58. The van der Waals surface area contributed by atoms with Crippen molar-refractivity contribution in [1.82, 2.24) is 0 Å². The van der Waals surface area contributed by atoms with E-state index in [4.69, 9.17) is 0 Å². The molecule has 0 radical (unpaired) electrons. The van der Waals surface area contributed by atoms with Gasteiger partial charge in [-0.05, 0) is 104 Å². The number of hydrogen-bond donors (Lipinski definition) is 1. The zero-order valence-corrected chi connectivity index (χ0v) is 16.5. The number of aliphatic hydroxyl groups excluding tert-OH is 1. The lowest BCUT2D eigenvalue weighted by Crippen LogP contribution is -2.50. The third-order valence-electron chi connectivity index (χ3n) is 9.80. The Bertz CT molecular complexity index is 516. The average Bonchev–Trinajstić information content (AvgIpc) is 3.07. The summed E-state index contributed by atoms with van der Waals surface area (Å²) in [5.74, 6) is 4.93. The molecule has 0 aromatic heterocycles. The van der Waals surface area contributed by atoms with E-state index in [1.807, 2.05) is 0 Å². The first kappa shape index (κ1) is 18.0. The van der Waals surface area contributed by atoms with E-state index in [2.05, 4.69) is 20.8 Å². The van der Waals surface area contributed by atoms with E-state index in [1.54, 1.807) is 0 Å². The molecule has 0 aromatic carbocycles. The molecule has 9 atom stereocenters. The van der Waals surface area contributed by atoms with Crippen LogP contribution < -0.4 is 0 Å². The van der Waals surface area contributed by atoms with Crippen LogP contribution in [0.5, 0.6) is 0 Å². The van der Waals surface area contributed by atoms with Gasteiger partial charge in [0.2, 0.25) is 0 Å². The third-order valence-corrected chi connectivity index (χ3v) is 9.80. The lowest BCUT2D eigenvalue weighted by Gasteiger charge is -2.58. The normalized spacial score (nSPS) is 53.0. The van der Waals surface area contributed by atoms with Crippen molar-refractivity contribution in [3.05, 3.63) is 0 Å². The predicted molar refractivity (Wildman–Crippen MR) is 101 cm³/mol. The van der Waals surface area contributed by atoms with Crippen LogP contribution in [0.3, 0.4) is 0 Å². The molecule has 0 heterocycles. The first-order chi connectivity index (χ1) is 11.9. The van der Waals surface area contributed by atoms with Crippen LogP contribution in [-0.2, 0) is 4.79 Å². The van der Waals surface area contributed by atoms with Crippen LogP contribution in [0, 0.1) is 46.3 Å². The molecular weight excluding hydrogens is 308 g/mol. The number of fused-ring (bicyclic) bond motifs is 5. The number of hydrogen-bond acceptors (Lipinski definition) is 2. The first-order valence-electron chi connectivity index (χ1n) is 11.0. The molecule has 0 spiro atoms. The maximum Gasteiger partial charge on any atom is 0.120 e. The van der Waals surface area contributed by atoms with Gasteiger partial charge in [0.25, 0.3) is 0 Å². The SMILES string of the molecule is C[C@H](CCC=O)[C@H]1CC[C@H]2[C@@H]3CC[C@@H]4C[C@@H](O)C[C@]4(C)[C@H]3CC[C@]12C. The van der Waals surface area contributed by atoms with Gasteiger partial charge in [-0.1, -0.05) is 20.8 Å². The van der Waals surface area contributed by atoms with Crippen LogP contribution in [-0.4, -0.2) is 17.5 Å². The van der Waals surface area contributed by atoms with Crippen molar-refractivity contribution in [2.24, 2.45) is 46.3 Å². The summed E-state index contributed by atoms with van der Waals surface area (Å²) in [7, 11) is 0. The highest BCUT2D eigenvalue weighted by Crippen LogP contribution is 2.68. The molecule has 0 unspecified atom stereocenters. The van der Waals surface area contributed by atoms with Crippen LogP contribution >= 0.6 is 0 Å². The minimum atomic E-state index is -0.0400. The molecule has 0 bridgehead atoms. The second-order valence-electron chi connectivity index (χ2n) is 10.7. The molecule has 0 aliphatic heterocycles. The summed E-state index contributed by atoms with van der Waals surface area (Å²) in [6, 6.07) is 0. The van der Waals surface area contributed by atoms with Crippen molar-refractivity contribution in [1.29, 1.82) is 0 Å². The van der Waals surface area contributed by atoms with Crippen LogP contribution in [0.25, 0.3) is 0 Å². The zero-order chi connectivity index (χ0) is 17.8. The fourth-order valence-electron chi connectivity index (χ4n) is 8.67. The first-order valence-corrected chi connectivity index (χ1v) is 11.0. The van der Waals surface area contributed by atoms with E-state index in [0.29, 0.717) is 16.7 Å². The molecule has 4 aliphatic rings. The van der Waals surface area contributed by atoms with Crippen LogP contribution in [0.1, 0.15) is 85.0 Å². The molecular formula is C23H38O2. The molecule has 4 saturated carbocycles. The van der Waals surface area contributed by atoms with Crippen LogP contribution in [0.2, 0.25) is 0 Å². The summed E-state index contributed by atoms with van der Waals surface area (Å²) in [5, 5.41) is 10.3. The van der Waals surface area contributed by atoms with Gasteiger partial charge < -0.3 is 9.90 Å². The molecule has 4 fully saturated rings. The van der Waals surface area contributed by atoms with E-state index in [0.717, 1.165) is 61.6 Å². The highest BCUT2D eigenvalue weighted by molar-refractivity contribution is 5.49. The average molecular weight is 347 g/mol. The van der Waals surface area contributed by atoms with Crippen molar-refractivity contribution in [2.75, 3.05) is 0 Å². The summed E-state index contributed by atoms with van der Waals surface area (Å²) in [6.07, 6.45) is 13.3. The monoisotopic (exact) mass is 346 g/mol. The highest BCUT2D eigenvalue weighted by atomic mass is 16.3. The number of carbonyl (C=O) groups excluding carboxylic acids is 1. The second-order valence-corrected chi connectivity index (χ2v) is 10.7. The molecule has 25 heavy (non-hydrogen) atoms. The second kappa shape index (κ2) is 6.36. The Hall–Kier alpha value is -0.370. The number of carbonyl (C=O) groups is 1. The van der Waals surface area contributed by atoms with E-state index in [1.165, 1.54) is 38.5 Å². The maximum absolute atomic E-state index is 10.8. The molecule has 2 heteroatoms. The fraction of sp³-hybridized carbons (Fsp3) is 0.957. The Balaban J connectivity index is 1.54. The van der Waals surface area contributed by atoms with E-state index < -0.39 is 0 Å². The Labute approximate surface area is 154 Å². The Morgan fingerprint density at radius 3 is 2.60 bits per heavy atom. The van der Waals surface area contributed by atoms with Gasteiger partial charge in [0.05, 0.1) is 6.10 Å². The van der Waals surface area contributed by atoms with E-state index >= 15 is 0 Å². The van der Waals surface area contributed by atoms with E-state index in [9.17, 15) is 9.90 Å². The summed E-state index contributed by atoms with van der Waals surface area (Å²) in [5.41, 5.74) is 0.911. The largest absolute Gasteiger partial charge is 0.393 e. The van der Waals surface area contributed by atoms with Gasteiger partial charge in [-0.2, -0.15) is 0 Å². The Morgan fingerprint density at radius 1 is 1.08 bits per heavy atom. The molecule has 4 rings (SSSR count). The summed E-state index contributed by atoms with van der Waals surface area (Å²) >= 11 is 0. The lowest BCUT2D eigenvalue weighted by molar-refractivity contribution is -0.108. The zero-order valence-electron chi connectivity index (χ0n) is 16.5. The number of aldehydes is 1. The van der Waals surface area contributed by atoms with Crippen molar-refractivity contribution in [3.8, 4) is 0 Å². The van der Waals surface area contributed by atoms with Gasteiger partial charge in [-0.25, -0.2) is 0 Å². The van der Waals surface area contributed by atoms with Gasteiger partial charge in [0.15, 0.2) is 0 Å². The minimum absolute atomic E-state index is 0.0400. The van der Waals surface area contributed by atoms with Gasteiger partial charge in [-0.15, -0.1) is 0 Å². The maximum atomic E-state index is 10.8. The highest BCUT2D eigenvalue weighted by Gasteiger charge is 2.61. The fourth-order valence-corrected chi connectivity index (χ4v) is 8.67. The van der Waals surface area contributed by atoms with Gasteiger partial charge in [0, 0.05) is 6.42 Å². The molecule has 142 valence electrons. The van der Waals surface area contributed by atoms with Gasteiger partial charge in [-0.3, -0.25) is 0 Å². The van der Waals surface area contributed by atoms with Crippen molar-refractivity contribution in [2.45, 2.75) is 91.1 Å². The van der Waals surface area contributed by atoms with Crippen LogP contribution in [0.15, 0.2) is 0 Å². The topological polar surface area (TPSA) is 37.3 Å². The summed E-state index contributed by atoms with van der Waals surface area (Å²) < 4.78 is 0. The summed E-state index contributed by atoms with van der Waals surface area (Å²) in [4.78, 5) is 10.8. The third kappa shape index (κ3) is 2.65. The van der Waals surface area contributed by atoms with Crippen LogP contribution in [0.4, 0.5) is 0 Å². The predicted octanol–water partition coefficient (Wildman–Crippen LogP) is 5.23. The number of rotatable bonds is 4. The summed E-state index contributed by atoms with van der Waals surface area (Å²) in [6.45, 7) is 7.52. The molecule has 1 N–H and O–H groups in total. The van der Waals surface area contributed by atoms with Crippen molar-refractivity contribution < 1.29 is 9.90 Å². The molecule has 0 aromatic rings. The Morgan fingerprint density at radius 2 is 1.84 bits per heavy atom. The minimum Gasteiger partial charge on any atom is -0.393 e. The molecule has 4 aliphatic carbocycles. The quantitative estimate of drug-likeness (QED) is 0.708. The number of aliphatic hydroxyl groups is 1. The van der Waals surface area contributed by atoms with E-state index in [-0.39, 0.29) is 6.10 Å². The lowest BCUT2D eigenvalue weighted by atomic mass is 9.47. The molecule has 0 saturated heterocycles. The van der Waals surface area contributed by atoms with Gasteiger partial charge >= 0.3 is 0 Å². The molecule has 0 amide bonds. The van der Waals surface area contributed by atoms with Crippen molar-refractivity contribution in [3.63, 3.8) is 0 Å². The molecule has 2 nitrogen and oxygen atoms in total.